The van der Waals surface area contributed by atoms with E-state index in [2.05, 4.69) is 21.9 Å². The average molecular weight is 394 g/mol. The molecule has 0 radical (unpaired) electrons. The van der Waals surface area contributed by atoms with Crippen LogP contribution in [-0.2, 0) is 4.74 Å². The van der Waals surface area contributed by atoms with E-state index in [1.165, 1.54) is 0 Å². The normalized spacial score (nSPS) is 17.0. The first-order valence-corrected chi connectivity index (χ1v) is 10.6. The molecule has 1 aliphatic rings. The van der Waals surface area contributed by atoms with Crippen molar-refractivity contribution in [3.8, 4) is 0 Å². The first kappa shape index (κ1) is 18.5. The number of amides is 1. The van der Waals surface area contributed by atoms with Gasteiger partial charge in [0.15, 0.2) is 0 Å². The van der Waals surface area contributed by atoms with Crippen molar-refractivity contribution in [2.24, 2.45) is 0 Å². The van der Waals surface area contributed by atoms with E-state index < -0.39 is 0 Å². The van der Waals surface area contributed by atoms with Gasteiger partial charge in [-0.3, -0.25) is 4.79 Å². The van der Waals surface area contributed by atoms with Crippen molar-refractivity contribution in [1.29, 1.82) is 0 Å². The summed E-state index contributed by atoms with van der Waals surface area (Å²) in [4.78, 5) is 12.8. The maximum absolute atomic E-state index is 12.8. The third-order valence-electron chi connectivity index (χ3n) is 4.82. The molecule has 3 N–H and O–H groups in total. The molecule has 144 valence electrons. The predicted molar refractivity (Wildman–Crippen MR) is 120 cm³/mol. The van der Waals surface area contributed by atoms with Crippen LogP contribution in [0, 0.1) is 0 Å². The van der Waals surface area contributed by atoms with E-state index in [0.717, 1.165) is 41.2 Å². The standard InChI is InChI=1S/C22H23N3O2S/c1-2-28-15-27-14-13-25(28)17-11-9-16(10-12-17)22(26)24-21-8-4-5-18-19(21)6-3-7-20(18)23/h2-12H,13-15,23H2,1H3,(H,24,26). The SMILES string of the molecule is C/C=S1/COCCN1c1ccc(C(=O)Nc2cccc3c(N)cccc23)cc1. The van der Waals surface area contributed by atoms with Gasteiger partial charge in [0.05, 0.1) is 13.2 Å². The molecule has 0 aliphatic carbocycles. The van der Waals surface area contributed by atoms with Crippen molar-refractivity contribution < 1.29 is 9.53 Å². The van der Waals surface area contributed by atoms with Crippen molar-refractivity contribution in [2.75, 3.05) is 34.4 Å². The van der Waals surface area contributed by atoms with Crippen LogP contribution in [0.4, 0.5) is 17.1 Å². The molecule has 0 bridgehead atoms. The summed E-state index contributed by atoms with van der Waals surface area (Å²) in [6, 6.07) is 19.2. The van der Waals surface area contributed by atoms with Gasteiger partial charge in [0.2, 0.25) is 0 Å². The van der Waals surface area contributed by atoms with Gasteiger partial charge in [-0.15, -0.1) is 0 Å². The van der Waals surface area contributed by atoms with E-state index in [4.69, 9.17) is 10.5 Å². The summed E-state index contributed by atoms with van der Waals surface area (Å²) in [7, 11) is -0.0335. The highest BCUT2D eigenvalue weighted by Gasteiger charge is 2.16. The number of hydrogen-bond acceptors (Lipinski definition) is 4. The Morgan fingerprint density at radius 3 is 2.64 bits per heavy atom. The molecule has 1 unspecified atom stereocenters. The fraction of sp³-hybridized carbons (Fsp3) is 0.182. The van der Waals surface area contributed by atoms with Crippen molar-refractivity contribution in [2.45, 2.75) is 6.92 Å². The first-order valence-electron chi connectivity index (χ1n) is 9.20. The molecular weight excluding hydrogens is 370 g/mol. The van der Waals surface area contributed by atoms with Gasteiger partial charge < -0.3 is 20.1 Å². The zero-order chi connectivity index (χ0) is 19.5. The smallest absolute Gasteiger partial charge is 0.255 e. The highest BCUT2D eigenvalue weighted by molar-refractivity contribution is 8.16. The number of nitrogen functional groups attached to an aromatic ring is 1. The Labute approximate surface area is 167 Å². The van der Waals surface area contributed by atoms with E-state index >= 15 is 0 Å². The topological polar surface area (TPSA) is 67.6 Å². The van der Waals surface area contributed by atoms with Crippen molar-refractivity contribution in [1.82, 2.24) is 0 Å². The highest BCUT2D eigenvalue weighted by Crippen LogP contribution is 2.31. The second-order valence-corrected chi connectivity index (χ2v) is 8.46. The minimum Gasteiger partial charge on any atom is -0.398 e. The predicted octanol–water partition coefficient (Wildman–Crippen LogP) is 4.47. The minimum atomic E-state index is -0.135. The van der Waals surface area contributed by atoms with Crippen LogP contribution in [0.5, 0.6) is 0 Å². The molecule has 4 rings (SSSR count). The summed E-state index contributed by atoms with van der Waals surface area (Å²) in [5.74, 6) is 0.590. The van der Waals surface area contributed by atoms with Crippen LogP contribution in [0.25, 0.3) is 10.8 Å². The number of anilines is 3. The Hall–Kier alpha value is -2.83. The number of carbonyl (C=O) groups is 1. The maximum Gasteiger partial charge on any atom is 0.255 e. The Bertz CT molecular complexity index is 1050. The number of fused-ring (bicyclic) bond motifs is 1. The van der Waals surface area contributed by atoms with Gasteiger partial charge in [0, 0.05) is 33.4 Å². The average Bonchev–Trinajstić information content (AvgIpc) is 2.74. The third kappa shape index (κ3) is 3.61. The number of rotatable bonds is 3. The monoisotopic (exact) mass is 393 g/mol. The molecule has 0 saturated carbocycles. The van der Waals surface area contributed by atoms with Crippen LogP contribution in [-0.4, -0.2) is 30.4 Å². The van der Waals surface area contributed by atoms with Gasteiger partial charge in [-0.25, -0.2) is 0 Å². The number of benzene rings is 3. The lowest BCUT2D eigenvalue weighted by atomic mass is 10.1. The number of carbonyl (C=O) groups excluding carboxylic acids is 1. The first-order chi connectivity index (χ1) is 13.7. The van der Waals surface area contributed by atoms with Crippen LogP contribution in [0.2, 0.25) is 0 Å². The van der Waals surface area contributed by atoms with Gasteiger partial charge in [0.1, 0.15) is 5.94 Å². The number of ether oxygens (including phenoxy) is 1. The van der Waals surface area contributed by atoms with Crippen LogP contribution < -0.4 is 15.4 Å². The molecule has 0 aromatic heterocycles. The zero-order valence-corrected chi connectivity index (χ0v) is 16.5. The molecule has 1 heterocycles. The van der Waals surface area contributed by atoms with E-state index in [-0.39, 0.29) is 16.6 Å². The number of nitrogens with two attached hydrogens (primary N) is 1. The maximum atomic E-state index is 12.8. The van der Waals surface area contributed by atoms with Gasteiger partial charge in [-0.05, 0) is 48.7 Å². The number of hydrogen-bond donors (Lipinski definition) is 2. The van der Waals surface area contributed by atoms with Crippen LogP contribution in [0.15, 0.2) is 60.7 Å². The van der Waals surface area contributed by atoms with Crippen LogP contribution >= 0.6 is 10.7 Å². The summed E-state index contributed by atoms with van der Waals surface area (Å²) in [6.07, 6.45) is 0. The Kier molecular flexibility index (Phi) is 5.32. The molecule has 1 aliphatic heterocycles. The van der Waals surface area contributed by atoms with E-state index in [0.29, 0.717) is 11.3 Å². The summed E-state index contributed by atoms with van der Waals surface area (Å²) in [5.41, 5.74) is 9.24. The molecule has 1 amide bonds. The molecule has 6 heteroatoms. The summed E-state index contributed by atoms with van der Waals surface area (Å²) < 4.78 is 7.89. The largest absolute Gasteiger partial charge is 0.398 e. The Balaban J connectivity index is 1.56. The van der Waals surface area contributed by atoms with Crippen LogP contribution in [0.1, 0.15) is 17.3 Å². The number of nitrogens with one attached hydrogen (secondary N) is 1. The summed E-state index contributed by atoms with van der Waals surface area (Å²) in [6.45, 7) is 3.64. The van der Waals surface area contributed by atoms with Crippen molar-refractivity contribution >= 4 is 49.8 Å². The fourth-order valence-electron chi connectivity index (χ4n) is 3.35. The van der Waals surface area contributed by atoms with Gasteiger partial charge >= 0.3 is 0 Å². The summed E-state index contributed by atoms with van der Waals surface area (Å²) >= 11 is 0. The number of nitrogens with zero attached hydrogens (tertiary/aromatic N) is 1. The quantitative estimate of drug-likeness (QED) is 0.509. The zero-order valence-electron chi connectivity index (χ0n) is 15.7. The second kappa shape index (κ2) is 8.04. The van der Waals surface area contributed by atoms with E-state index in [1.54, 1.807) is 0 Å². The van der Waals surface area contributed by atoms with Gasteiger partial charge in [-0.2, -0.15) is 0 Å². The van der Waals surface area contributed by atoms with Crippen molar-refractivity contribution in [3.05, 3.63) is 66.2 Å². The van der Waals surface area contributed by atoms with Gasteiger partial charge in [0.25, 0.3) is 5.91 Å². The Morgan fingerprint density at radius 2 is 1.86 bits per heavy atom. The molecule has 5 nitrogen and oxygen atoms in total. The molecular formula is C22H23N3O2S. The van der Waals surface area contributed by atoms with Crippen molar-refractivity contribution in [3.63, 3.8) is 0 Å². The lowest BCUT2D eigenvalue weighted by Crippen LogP contribution is -2.29. The summed E-state index contributed by atoms with van der Waals surface area (Å²) in [5, 5.41) is 7.06. The Morgan fingerprint density at radius 1 is 1.11 bits per heavy atom. The van der Waals surface area contributed by atoms with Gasteiger partial charge in [-0.1, -0.05) is 34.9 Å². The molecule has 0 spiro atoms. The highest BCUT2D eigenvalue weighted by atomic mass is 32.2. The minimum absolute atomic E-state index is 0.0335. The molecule has 28 heavy (non-hydrogen) atoms. The third-order valence-corrected chi connectivity index (χ3v) is 6.73. The van der Waals surface area contributed by atoms with Crippen LogP contribution in [0.3, 0.4) is 0 Å². The molecule has 3 aromatic rings. The molecule has 1 saturated heterocycles. The lowest BCUT2D eigenvalue weighted by Gasteiger charge is -2.32. The molecule has 1 fully saturated rings. The van der Waals surface area contributed by atoms with E-state index in [1.807, 2.05) is 60.7 Å². The molecule has 1 atom stereocenters. The lowest BCUT2D eigenvalue weighted by molar-refractivity contribution is 0.102. The fourth-order valence-corrected chi connectivity index (χ4v) is 4.86. The second-order valence-electron chi connectivity index (χ2n) is 6.51. The molecule has 3 aromatic carbocycles. The van der Waals surface area contributed by atoms with E-state index in [9.17, 15) is 4.79 Å².